The van der Waals surface area contributed by atoms with Gasteiger partial charge in [0.25, 0.3) is 0 Å². The first-order chi connectivity index (χ1) is 1.41. The molecule has 70 valence electrons. The van der Waals surface area contributed by atoms with Crippen molar-refractivity contribution in [3.8, 4) is 0 Å². The van der Waals surface area contributed by atoms with E-state index in [0.717, 1.165) is 0 Å². The number of rotatable bonds is 0. The predicted molar refractivity (Wildman–Crippen MR) is 39.5 cm³/mol. The first-order valence-corrected chi connectivity index (χ1v) is 1.15. The van der Waals surface area contributed by atoms with Gasteiger partial charge in [-0.2, -0.15) is 0 Å². The zero-order chi connectivity index (χ0) is 2.71. The Morgan fingerprint density at radius 2 is 0.900 bits per heavy atom. The summed E-state index contributed by atoms with van der Waals surface area (Å²) in [7, 11) is -0.833. The molecule has 8 nitrogen and oxygen atoms in total. The maximum Gasteiger partial charge on any atom is 2.00 e. The Morgan fingerprint density at radius 1 is 0.900 bits per heavy atom. The van der Waals surface area contributed by atoms with Crippen molar-refractivity contribution < 1.29 is 45.2 Å². The molecule has 10 heavy (non-hydrogen) atoms. The standard InChI is InChI=1S/Mg.HO2P.6H2O.2H/c;1-3-2;;;;;;;;/h;(H,1,2);6*1H2;;/q+2;;;;;;;;2*-1. The van der Waals surface area contributed by atoms with Gasteiger partial charge in [-0.25, -0.2) is 4.57 Å². The van der Waals surface area contributed by atoms with Crippen LogP contribution in [0.1, 0.15) is 2.85 Å². The first-order valence-electron chi connectivity index (χ1n) is 0.383. The smallest absolute Gasteiger partial charge is 1.00 e. The Balaban J connectivity index is -0.000000000556. The predicted octanol–water partition coefficient (Wildman–Crippen LogP) is -4.92. The molecule has 0 rings (SSSR count). The Kier molecular flexibility index (Phi) is 4090. The van der Waals surface area contributed by atoms with Crippen LogP contribution in [0.15, 0.2) is 0 Å². The third kappa shape index (κ3) is 1440. The Bertz CT molecular complexity index is 24.5. The van der Waals surface area contributed by atoms with Gasteiger partial charge in [0.05, 0.1) is 0 Å². The van der Waals surface area contributed by atoms with E-state index < -0.39 is 8.69 Å². The molecule has 0 aromatic rings. The molecule has 13 N–H and O–H groups in total. The second-order valence-electron chi connectivity index (χ2n) is 0.0816. The van der Waals surface area contributed by atoms with Gasteiger partial charge in [0.1, 0.15) is 0 Å². The van der Waals surface area contributed by atoms with Crippen LogP contribution in [0.25, 0.3) is 0 Å². The van der Waals surface area contributed by atoms with E-state index >= 15 is 0 Å². The Morgan fingerprint density at radius 3 is 0.900 bits per heavy atom. The zero-order valence-electron chi connectivity index (χ0n) is 7.01. The van der Waals surface area contributed by atoms with E-state index in [9.17, 15) is 0 Å². The van der Waals surface area contributed by atoms with E-state index in [-0.39, 0.29) is 58.8 Å². The number of hydrogen-bond donors (Lipinski definition) is 1. The van der Waals surface area contributed by atoms with Gasteiger partial charge in [0.2, 0.25) is 0 Å². The van der Waals surface area contributed by atoms with Gasteiger partial charge in [-0.3, -0.25) is 0 Å². The van der Waals surface area contributed by atoms with Gasteiger partial charge in [0.15, 0.2) is 0 Å². The van der Waals surface area contributed by atoms with Crippen LogP contribution in [0, 0.1) is 0 Å². The molecule has 0 radical (unpaired) electrons. The van der Waals surface area contributed by atoms with Crippen LogP contribution >= 0.6 is 8.69 Å². The molecule has 0 fully saturated rings. The minimum absolute atomic E-state index is 0. The molecule has 0 atom stereocenters. The van der Waals surface area contributed by atoms with Crippen molar-refractivity contribution in [3.05, 3.63) is 0 Å². The monoisotopic (exact) mass is 198 g/mol. The van der Waals surface area contributed by atoms with Crippen LogP contribution in [-0.2, 0) is 4.57 Å². The molecule has 0 aliphatic heterocycles. The van der Waals surface area contributed by atoms with E-state index in [1.807, 2.05) is 0 Å². The summed E-state index contributed by atoms with van der Waals surface area (Å²) in [6.45, 7) is 0. The van der Waals surface area contributed by atoms with Crippen LogP contribution in [0.5, 0.6) is 0 Å². The third-order valence-corrected chi connectivity index (χ3v) is 0. The van der Waals surface area contributed by atoms with Crippen molar-refractivity contribution >= 4 is 31.7 Å². The molecule has 0 aliphatic rings. The van der Waals surface area contributed by atoms with Crippen molar-refractivity contribution in [2.24, 2.45) is 0 Å². The molecule has 0 heterocycles. The molecule has 10 heteroatoms. The van der Waals surface area contributed by atoms with Crippen LogP contribution < -0.4 is 0 Å². The SMILES string of the molecule is O.O.O.O.O.O.O=PO.[H-].[H-].[Mg+2]. The van der Waals surface area contributed by atoms with E-state index in [4.69, 9.17) is 9.46 Å². The van der Waals surface area contributed by atoms with Gasteiger partial charge >= 0.3 is 31.7 Å². The molecule has 0 spiro atoms. The van der Waals surface area contributed by atoms with E-state index in [1.165, 1.54) is 0 Å². The third-order valence-electron chi connectivity index (χ3n) is 0. The average molecular weight is 198 g/mol. The van der Waals surface area contributed by atoms with Crippen molar-refractivity contribution in [2.75, 3.05) is 0 Å². The van der Waals surface area contributed by atoms with Crippen molar-refractivity contribution in [1.29, 1.82) is 0 Å². The average Bonchev–Trinajstić information content (AvgIpc) is 0.918. The minimum Gasteiger partial charge on any atom is -1.00 e. The normalized spacial score (nSPS) is 2.10. The zero-order valence-corrected chi connectivity index (χ0v) is 7.32. The van der Waals surface area contributed by atoms with Crippen LogP contribution in [0.4, 0.5) is 0 Å². The quantitative estimate of drug-likeness (QED) is 0.298. The van der Waals surface area contributed by atoms with E-state index in [2.05, 4.69) is 0 Å². The molecular weight excluding hydrogens is 183 g/mol. The topological polar surface area (TPSA) is 226 Å². The maximum absolute atomic E-state index is 8.46. The molecular formula is H15MgO8P. The molecule has 0 amide bonds. The van der Waals surface area contributed by atoms with Crippen LogP contribution in [0.3, 0.4) is 0 Å². The van der Waals surface area contributed by atoms with Gasteiger partial charge in [-0.05, 0) is 0 Å². The largest absolute Gasteiger partial charge is 2.00 e. The van der Waals surface area contributed by atoms with Gasteiger partial charge in [0, 0.05) is 0 Å². The summed E-state index contributed by atoms with van der Waals surface area (Å²) in [5.41, 5.74) is 0. The minimum atomic E-state index is -0.833. The second-order valence-corrected chi connectivity index (χ2v) is 0.245. The summed E-state index contributed by atoms with van der Waals surface area (Å²) >= 11 is 0. The molecule has 0 saturated carbocycles. The van der Waals surface area contributed by atoms with Crippen LogP contribution in [0.2, 0.25) is 0 Å². The van der Waals surface area contributed by atoms with Gasteiger partial charge < -0.3 is 40.6 Å². The molecule has 0 bridgehead atoms. The van der Waals surface area contributed by atoms with Gasteiger partial charge in [-0.1, -0.05) is 0 Å². The Hall–Kier alpha value is 0.586. The summed E-state index contributed by atoms with van der Waals surface area (Å²) in [6, 6.07) is 0. The van der Waals surface area contributed by atoms with Crippen LogP contribution in [-0.4, -0.2) is 60.8 Å². The van der Waals surface area contributed by atoms with Crippen molar-refractivity contribution in [1.82, 2.24) is 0 Å². The summed E-state index contributed by atoms with van der Waals surface area (Å²) in [5, 5.41) is 0. The molecule has 0 saturated heterocycles. The second kappa shape index (κ2) is 281. The summed E-state index contributed by atoms with van der Waals surface area (Å²) < 4.78 is 8.46. The molecule has 0 aliphatic carbocycles. The van der Waals surface area contributed by atoms with E-state index in [0.29, 0.717) is 0 Å². The summed E-state index contributed by atoms with van der Waals surface area (Å²) in [4.78, 5) is 6.99. The van der Waals surface area contributed by atoms with Gasteiger partial charge in [-0.15, -0.1) is 0 Å². The molecule has 0 aromatic heterocycles. The Labute approximate surface area is 77.5 Å². The molecule has 0 unspecified atom stereocenters. The van der Waals surface area contributed by atoms with E-state index in [1.54, 1.807) is 0 Å². The fourth-order valence-electron chi connectivity index (χ4n) is 0. The first kappa shape index (κ1) is 145. The van der Waals surface area contributed by atoms with Crippen molar-refractivity contribution in [2.45, 2.75) is 0 Å². The molecule has 0 aromatic carbocycles. The fraction of sp³-hybridized carbons (Fsp3) is 0. The maximum atomic E-state index is 8.46. The summed E-state index contributed by atoms with van der Waals surface area (Å²) in [5.74, 6) is 0. The fourth-order valence-corrected chi connectivity index (χ4v) is 0. The number of hydrogen-bond acceptors (Lipinski definition) is 1. The van der Waals surface area contributed by atoms with Crippen molar-refractivity contribution in [3.63, 3.8) is 0 Å². The summed E-state index contributed by atoms with van der Waals surface area (Å²) in [6.07, 6.45) is 0.